The largest absolute Gasteiger partial charge is 0.388 e. The summed E-state index contributed by atoms with van der Waals surface area (Å²) in [4.78, 5) is 6.35. The molecule has 1 unspecified atom stereocenters. The molecule has 1 atom stereocenters. The molecule has 1 aliphatic rings. The Hall–Kier alpha value is -1.09. The lowest BCUT2D eigenvalue weighted by Gasteiger charge is -2.30. The molecule has 1 fully saturated rings. The molecule has 1 aromatic heterocycles. The first-order chi connectivity index (χ1) is 8.58. The summed E-state index contributed by atoms with van der Waals surface area (Å²) in [6.07, 6.45) is 6.23. The van der Waals surface area contributed by atoms with E-state index in [4.69, 9.17) is 0 Å². The van der Waals surface area contributed by atoms with Crippen molar-refractivity contribution in [1.29, 1.82) is 0 Å². The molecule has 0 saturated heterocycles. The summed E-state index contributed by atoms with van der Waals surface area (Å²) in [5.41, 5.74) is 0.958. The molecule has 3 nitrogen and oxygen atoms in total. The van der Waals surface area contributed by atoms with Gasteiger partial charge in [0.15, 0.2) is 0 Å². The van der Waals surface area contributed by atoms with Crippen molar-refractivity contribution in [1.82, 2.24) is 4.98 Å². The molecule has 0 aliphatic heterocycles. The van der Waals surface area contributed by atoms with Gasteiger partial charge in [0.1, 0.15) is 5.82 Å². The van der Waals surface area contributed by atoms with Gasteiger partial charge in [-0.05, 0) is 36.3 Å². The third-order valence-corrected chi connectivity index (χ3v) is 4.08. The third kappa shape index (κ3) is 3.02. The summed E-state index contributed by atoms with van der Waals surface area (Å²) in [6, 6.07) is 3.98. The first-order valence-electron chi connectivity index (χ1n) is 6.89. The number of pyridine rings is 1. The van der Waals surface area contributed by atoms with Crippen molar-refractivity contribution in [3.8, 4) is 0 Å². The maximum atomic E-state index is 10.4. The summed E-state index contributed by atoms with van der Waals surface area (Å²) in [5.74, 6) is 2.17. The van der Waals surface area contributed by atoms with Crippen molar-refractivity contribution in [2.75, 3.05) is 19.0 Å². The van der Waals surface area contributed by atoms with Crippen LogP contribution in [-0.2, 0) is 0 Å². The minimum Gasteiger partial charge on any atom is -0.388 e. The van der Waals surface area contributed by atoms with Crippen LogP contribution in [0, 0.1) is 11.8 Å². The van der Waals surface area contributed by atoms with E-state index in [1.807, 2.05) is 37.3 Å². The van der Waals surface area contributed by atoms with Gasteiger partial charge in [0, 0.05) is 20.3 Å². The minimum absolute atomic E-state index is 0.346. The predicted octanol–water partition coefficient (Wildman–Crippen LogP) is 3.01. The van der Waals surface area contributed by atoms with E-state index in [1.165, 1.54) is 12.8 Å². The molecule has 1 aromatic rings. The number of nitrogens with zero attached hydrogens (tertiary/aromatic N) is 2. The van der Waals surface area contributed by atoms with E-state index < -0.39 is 0 Å². The molecule has 0 radical (unpaired) electrons. The van der Waals surface area contributed by atoms with Crippen LogP contribution in [0.5, 0.6) is 0 Å². The second-order valence-corrected chi connectivity index (χ2v) is 5.81. The quantitative estimate of drug-likeness (QED) is 0.893. The van der Waals surface area contributed by atoms with Crippen LogP contribution in [0.4, 0.5) is 5.82 Å². The van der Waals surface area contributed by atoms with Gasteiger partial charge < -0.3 is 10.0 Å². The highest BCUT2D eigenvalue weighted by Gasteiger charge is 2.25. The monoisotopic (exact) mass is 248 g/mol. The predicted molar refractivity (Wildman–Crippen MR) is 74.6 cm³/mol. The molecule has 100 valence electrons. The number of aliphatic hydroxyl groups is 1. The van der Waals surface area contributed by atoms with E-state index >= 15 is 0 Å². The lowest BCUT2D eigenvalue weighted by atomic mass is 9.79. The van der Waals surface area contributed by atoms with Gasteiger partial charge in [-0.2, -0.15) is 0 Å². The van der Waals surface area contributed by atoms with E-state index in [9.17, 15) is 5.11 Å². The first-order valence-corrected chi connectivity index (χ1v) is 6.89. The van der Waals surface area contributed by atoms with Gasteiger partial charge in [-0.1, -0.05) is 25.8 Å². The number of hydrogen-bond acceptors (Lipinski definition) is 3. The van der Waals surface area contributed by atoms with Crippen molar-refractivity contribution < 1.29 is 5.11 Å². The molecule has 1 N–H and O–H groups in total. The highest BCUT2D eigenvalue weighted by Crippen LogP contribution is 2.36. The molecular formula is C15H24N2O. The van der Waals surface area contributed by atoms with Gasteiger partial charge in [0.2, 0.25) is 0 Å². The summed E-state index contributed by atoms with van der Waals surface area (Å²) < 4.78 is 0. The average molecular weight is 248 g/mol. The van der Waals surface area contributed by atoms with Gasteiger partial charge in [0.05, 0.1) is 6.10 Å². The van der Waals surface area contributed by atoms with E-state index in [1.54, 1.807) is 0 Å². The van der Waals surface area contributed by atoms with Crippen LogP contribution in [0.15, 0.2) is 18.3 Å². The fraction of sp³-hybridized carbons (Fsp3) is 0.667. The Morgan fingerprint density at radius 1 is 1.22 bits per heavy atom. The number of aliphatic hydroxyl groups excluding tert-OH is 1. The molecule has 1 heterocycles. The molecule has 2 rings (SSSR count). The van der Waals surface area contributed by atoms with Gasteiger partial charge in [-0.25, -0.2) is 4.98 Å². The Bertz CT molecular complexity index is 367. The van der Waals surface area contributed by atoms with E-state index in [-0.39, 0.29) is 6.10 Å². The minimum atomic E-state index is -0.346. The van der Waals surface area contributed by atoms with Crippen LogP contribution >= 0.6 is 0 Å². The Balaban J connectivity index is 2.02. The van der Waals surface area contributed by atoms with Crippen LogP contribution in [0.1, 0.15) is 44.3 Å². The Kier molecular flexibility index (Phi) is 4.23. The van der Waals surface area contributed by atoms with E-state index in [2.05, 4.69) is 11.9 Å². The maximum Gasteiger partial charge on any atom is 0.127 e. The standard InChI is InChI=1S/C15H24N2O/c1-11-4-6-12(7-5-11)15(18)13-8-9-14(16-10-13)17(2)3/h8-12,15,18H,4-7H2,1-3H3. The fourth-order valence-electron chi connectivity index (χ4n) is 2.71. The Morgan fingerprint density at radius 3 is 2.39 bits per heavy atom. The SMILES string of the molecule is CC1CCC(C(O)c2ccc(N(C)C)nc2)CC1. The lowest BCUT2D eigenvalue weighted by molar-refractivity contribution is 0.0753. The maximum absolute atomic E-state index is 10.4. The molecule has 1 aliphatic carbocycles. The summed E-state index contributed by atoms with van der Waals surface area (Å²) in [5, 5.41) is 10.4. The Labute approximate surface area is 110 Å². The lowest BCUT2D eigenvalue weighted by Crippen LogP contribution is -2.19. The van der Waals surface area contributed by atoms with Gasteiger partial charge in [-0.15, -0.1) is 0 Å². The van der Waals surface area contributed by atoms with Crippen LogP contribution < -0.4 is 4.90 Å². The van der Waals surface area contributed by atoms with Crippen molar-refractivity contribution in [3.05, 3.63) is 23.9 Å². The molecule has 1 saturated carbocycles. The molecular weight excluding hydrogens is 224 g/mol. The smallest absolute Gasteiger partial charge is 0.127 e. The summed E-state index contributed by atoms with van der Waals surface area (Å²) in [6.45, 7) is 2.30. The Morgan fingerprint density at radius 2 is 1.89 bits per heavy atom. The van der Waals surface area contributed by atoms with Crippen molar-refractivity contribution >= 4 is 5.82 Å². The average Bonchev–Trinajstić information content (AvgIpc) is 2.39. The highest BCUT2D eigenvalue weighted by atomic mass is 16.3. The zero-order chi connectivity index (χ0) is 13.1. The molecule has 0 spiro atoms. The van der Waals surface area contributed by atoms with Gasteiger partial charge in [-0.3, -0.25) is 0 Å². The molecule has 3 heteroatoms. The van der Waals surface area contributed by atoms with Crippen molar-refractivity contribution in [3.63, 3.8) is 0 Å². The molecule has 0 bridgehead atoms. The van der Waals surface area contributed by atoms with Crippen LogP contribution in [-0.4, -0.2) is 24.2 Å². The fourth-order valence-corrected chi connectivity index (χ4v) is 2.71. The van der Waals surface area contributed by atoms with Gasteiger partial charge in [0.25, 0.3) is 0 Å². The number of aromatic nitrogens is 1. The second-order valence-electron chi connectivity index (χ2n) is 5.81. The van der Waals surface area contributed by atoms with E-state index in [0.717, 1.165) is 30.1 Å². The van der Waals surface area contributed by atoms with Crippen LogP contribution in [0.2, 0.25) is 0 Å². The topological polar surface area (TPSA) is 36.4 Å². The third-order valence-electron chi connectivity index (χ3n) is 4.08. The zero-order valence-electron chi connectivity index (χ0n) is 11.6. The van der Waals surface area contributed by atoms with Crippen LogP contribution in [0.3, 0.4) is 0 Å². The van der Waals surface area contributed by atoms with E-state index in [0.29, 0.717) is 5.92 Å². The number of rotatable bonds is 3. The zero-order valence-corrected chi connectivity index (χ0v) is 11.6. The normalized spacial score (nSPS) is 25.8. The second kappa shape index (κ2) is 5.70. The molecule has 18 heavy (non-hydrogen) atoms. The molecule has 0 amide bonds. The summed E-state index contributed by atoms with van der Waals surface area (Å²) in [7, 11) is 3.95. The van der Waals surface area contributed by atoms with Gasteiger partial charge >= 0.3 is 0 Å². The van der Waals surface area contributed by atoms with Crippen molar-refractivity contribution in [2.24, 2.45) is 11.8 Å². The highest BCUT2D eigenvalue weighted by molar-refractivity contribution is 5.37. The van der Waals surface area contributed by atoms with Crippen LogP contribution in [0.25, 0.3) is 0 Å². The summed E-state index contributed by atoms with van der Waals surface area (Å²) >= 11 is 0. The number of anilines is 1. The first kappa shape index (κ1) is 13.3. The number of hydrogen-bond donors (Lipinski definition) is 1. The van der Waals surface area contributed by atoms with Crippen molar-refractivity contribution in [2.45, 2.75) is 38.7 Å². The molecule has 0 aromatic carbocycles.